The maximum Gasteiger partial charge on any atom is 0.332 e. The molecule has 1 amide bonds. The van der Waals surface area contributed by atoms with Crippen molar-refractivity contribution >= 4 is 11.9 Å². The Morgan fingerprint density at radius 2 is 2.17 bits per heavy atom. The number of carbonyl (C=O) groups excluding carboxylic acids is 1. The molecule has 0 radical (unpaired) electrons. The van der Waals surface area contributed by atoms with Gasteiger partial charge in [0.2, 0.25) is 5.91 Å². The SMILES string of the molecule is CCCCC(=O)NOCC(=O)O. The van der Waals surface area contributed by atoms with Crippen molar-refractivity contribution in [1.82, 2.24) is 5.48 Å². The molecule has 5 heteroatoms. The largest absolute Gasteiger partial charge is 0.479 e. The van der Waals surface area contributed by atoms with Crippen molar-refractivity contribution < 1.29 is 19.5 Å². The first-order valence-electron chi connectivity index (χ1n) is 3.79. The monoisotopic (exact) mass is 175 g/mol. The average Bonchev–Trinajstić information content (AvgIpc) is 2.00. The molecule has 0 rings (SSSR count). The summed E-state index contributed by atoms with van der Waals surface area (Å²) in [4.78, 5) is 25.0. The van der Waals surface area contributed by atoms with Crippen LogP contribution in [0.1, 0.15) is 26.2 Å². The molecule has 0 spiro atoms. The van der Waals surface area contributed by atoms with E-state index in [1.54, 1.807) is 0 Å². The van der Waals surface area contributed by atoms with E-state index in [4.69, 9.17) is 5.11 Å². The zero-order valence-electron chi connectivity index (χ0n) is 7.00. The lowest BCUT2D eigenvalue weighted by molar-refractivity contribution is -0.149. The number of carboxylic acids is 1. The zero-order chi connectivity index (χ0) is 9.40. The lowest BCUT2D eigenvalue weighted by Crippen LogP contribution is -2.26. The predicted octanol–water partition coefficient (Wildman–Crippen LogP) is 0.309. The van der Waals surface area contributed by atoms with E-state index in [-0.39, 0.29) is 5.91 Å². The third-order valence-electron chi connectivity index (χ3n) is 1.14. The van der Waals surface area contributed by atoms with E-state index < -0.39 is 12.6 Å². The second-order valence-electron chi connectivity index (χ2n) is 2.31. The number of aliphatic carboxylic acids is 1. The molecule has 0 unspecified atom stereocenters. The summed E-state index contributed by atoms with van der Waals surface area (Å²) >= 11 is 0. The summed E-state index contributed by atoms with van der Waals surface area (Å²) in [5.41, 5.74) is 2.03. The van der Waals surface area contributed by atoms with Crippen LogP contribution < -0.4 is 5.48 Å². The number of hydrogen-bond acceptors (Lipinski definition) is 3. The van der Waals surface area contributed by atoms with E-state index in [1.807, 2.05) is 12.4 Å². The minimum Gasteiger partial charge on any atom is -0.479 e. The molecule has 0 atom stereocenters. The van der Waals surface area contributed by atoms with Gasteiger partial charge >= 0.3 is 5.97 Å². The van der Waals surface area contributed by atoms with Crippen molar-refractivity contribution in [2.75, 3.05) is 6.61 Å². The second kappa shape index (κ2) is 6.60. The molecule has 0 heterocycles. The van der Waals surface area contributed by atoms with Gasteiger partial charge in [-0.2, -0.15) is 0 Å². The Kier molecular flexibility index (Phi) is 6.00. The molecule has 0 aromatic rings. The van der Waals surface area contributed by atoms with Crippen LogP contribution in [-0.4, -0.2) is 23.6 Å². The van der Waals surface area contributed by atoms with Gasteiger partial charge < -0.3 is 5.11 Å². The summed E-state index contributed by atoms with van der Waals surface area (Å²) < 4.78 is 0. The number of carbonyl (C=O) groups is 2. The van der Waals surface area contributed by atoms with Gasteiger partial charge in [0.05, 0.1) is 0 Å². The third-order valence-corrected chi connectivity index (χ3v) is 1.14. The van der Waals surface area contributed by atoms with E-state index in [0.29, 0.717) is 6.42 Å². The van der Waals surface area contributed by atoms with Crippen LogP contribution in [0.2, 0.25) is 0 Å². The first-order chi connectivity index (χ1) is 5.66. The molecule has 0 bridgehead atoms. The fourth-order valence-corrected chi connectivity index (χ4v) is 0.567. The summed E-state index contributed by atoms with van der Waals surface area (Å²) in [5.74, 6) is -1.39. The third kappa shape index (κ3) is 7.01. The summed E-state index contributed by atoms with van der Waals surface area (Å²) in [7, 11) is 0. The van der Waals surface area contributed by atoms with Crippen molar-refractivity contribution in [2.45, 2.75) is 26.2 Å². The number of hydrogen-bond donors (Lipinski definition) is 2. The minimum atomic E-state index is -1.11. The van der Waals surface area contributed by atoms with Gasteiger partial charge in [-0.15, -0.1) is 0 Å². The Morgan fingerprint density at radius 3 is 2.67 bits per heavy atom. The Hall–Kier alpha value is -1.10. The molecule has 2 N–H and O–H groups in total. The highest BCUT2D eigenvalue weighted by atomic mass is 16.7. The van der Waals surface area contributed by atoms with Gasteiger partial charge in [-0.05, 0) is 6.42 Å². The molecule has 0 saturated heterocycles. The van der Waals surface area contributed by atoms with Crippen LogP contribution in [-0.2, 0) is 14.4 Å². The van der Waals surface area contributed by atoms with Crippen LogP contribution in [0.4, 0.5) is 0 Å². The van der Waals surface area contributed by atoms with Gasteiger partial charge in [-0.3, -0.25) is 9.63 Å². The lowest BCUT2D eigenvalue weighted by Gasteiger charge is -2.01. The summed E-state index contributed by atoms with van der Waals surface area (Å²) in [6, 6.07) is 0. The van der Waals surface area contributed by atoms with Gasteiger partial charge in [0, 0.05) is 6.42 Å². The molecule has 0 aliphatic carbocycles. The quantitative estimate of drug-likeness (QED) is 0.569. The molecule has 70 valence electrons. The highest BCUT2D eigenvalue weighted by Crippen LogP contribution is 1.92. The number of nitrogens with one attached hydrogen (secondary N) is 1. The van der Waals surface area contributed by atoms with Crippen LogP contribution in [0.5, 0.6) is 0 Å². The summed E-state index contributed by atoms with van der Waals surface area (Å²) in [5, 5.41) is 8.13. The summed E-state index contributed by atoms with van der Waals surface area (Å²) in [6.07, 6.45) is 2.07. The number of rotatable bonds is 6. The topological polar surface area (TPSA) is 75.6 Å². The molecule has 0 aliphatic heterocycles. The fourth-order valence-electron chi connectivity index (χ4n) is 0.567. The van der Waals surface area contributed by atoms with E-state index in [9.17, 15) is 9.59 Å². The Bertz CT molecular complexity index is 157. The summed E-state index contributed by atoms with van der Waals surface area (Å²) in [6.45, 7) is 1.46. The number of amides is 1. The standard InChI is InChI=1S/C7H13NO4/c1-2-3-4-6(9)8-12-5-7(10)11/h2-5H2,1H3,(H,8,9)(H,10,11). The van der Waals surface area contributed by atoms with Gasteiger partial charge in [0.25, 0.3) is 0 Å². The molecule has 0 aliphatic rings. The van der Waals surface area contributed by atoms with Gasteiger partial charge in [-0.25, -0.2) is 10.3 Å². The van der Waals surface area contributed by atoms with Gasteiger partial charge in [-0.1, -0.05) is 13.3 Å². The van der Waals surface area contributed by atoms with Crippen molar-refractivity contribution in [3.8, 4) is 0 Å². The molecule has 0 aromatic heterocycles. The highest BCUT2D eigenvalue weighted by Gasteiger charge is 2.01. The van der Waals surface area contributed by atoms with Crippen LogP contribution in [0.15, 0.2) is 0 Å². The Labute approximate surface area is 70.7 Å². The molecule has 12 heavy (non-hydrogen) atoms. The predicted molar refractivity (Wildman–Crippen MR) is 41.3 cm³/mol. The molecular weight excluding hydrogens is 162 g/mol. The minimum absolute atomic E-state index is 0.280. The van der Waals surface area contributed by atoms with Gasteiger partial charge in [0.1, 0.15) is 0 Å². The van der Waals surface area contributed by atoms with E-state index in [2.05, 4.69) is 4.84 Å². The molecule has 0 saturated carbocycles. The first-order valence-corrected chi connectivity index (χ1v) is 3.79. The Balaban J connectivity index is 3.25. The van der Waals surface area contributed by atoms with Crippen molar-refractivity contribution in [3.05, 3.63) is 0 Å². The first kappa shape index (κ1) is 10.9. The Morgan fingerprint density at radius 1 is 1.50 bits per heavy atom. The van der Waals surface area contributed by atoms with Crippen LogP contribution in [0.3, 0.4) is 0 Å². The van der Waals surface area contributed by atoms with Gasteiger partial charge in [0.15, 0.2) is 6.61 Å². The number of unbranched alkanes of at least 4 members (excludes halogenated alkanes) is 1. The van der Waals surface area contributed by atoms with Crippen LogP contribution >= 0.6 is 0 Å². The maximum absolute atomic E-state index is 10.8. The fraction of sp³-hybridized carbons (Fsp3) is 0.714. The number of carboxylic acid groups (broad SMARTS) is 1. The molecule has 0 aromatic carbocycles. The van der Waals surface area contributed by atoms with Crippen LogP contribution in [0.25, 0.3) is 0 Å². The van der Waals surface area contributed by atoms with E-state index >= 15 is 0 Å². The molecule has 0 fully saturated rings. The van der Waals surface area contributed by atoms with E-state index in [0.717, 1.165) is 12.8 Å². The van der Waals surface area contributed by atoms with Crippen LogP contribution in [0, 0.1) is 0 Å². The molecular formula is C7H13NO4. The number of hydroxylamine groups is 1. The second-order valence-corrected chi connectivity index (χ2v) is 2.31. The lowest BCUT2D eigenvalue weighted by atomic mass is 10.2. The van der Waals surface area contributed by atoms with Crippen molar-refractivity contribution in [1.29, 1.82) is 0 Å². The normalized spacial score (nSPS) is 9.42. The molecule has 5 nitrogen and oxygen atoms in total. The average molecular weight is 175 g/mol. The smallest absolute Gasteiger partial charge is 0.332 e. The zero-order valence-corrected chi connectivity index (χ0v) is 7.00. The highest BCUT2D eigenvalue weighted by molar-refractivity contribution is 5.75. The van der Waals surface area contributed by atoms with Crippen molar-refractivity contribution in [2.24, 2.45) is 0 Å². The maximum atomic E-state index is 10.8. The van der Waals surface area contributed by atoms with E-state index in [1.165, 1.54) is 0 Å². The van der Waals surface area contributed by atoms with Crippen molar-refractivity contribution in [3.63, 3.8) is 0 Å².